The Labute approximate surface area is 106 Å². The van der Waals surface area contributed by atoms with Gasteiger partial charge < -0.3 is 4.74 Å². The number of carbonyl (C=O) groups is 1. The highest BCUT2D eigenvalue weighted by Gasteiger charge is 2.08. The minimum Gasteiger partial charge on any atom is -0.459 e. The molecule has 0 spiro atoms. The van der Waals surface area contributed by atoms with Crippen LogP contribution in [-0.2, 0) is 22.7 Å². The maximum absolute atomic E-state index is 11.7. The molecule has 0 bridgehead atoms. The molecule has 1 aromatic carbocycles. The summed E-state index contributed by atoms with van der Waals surface area (Å²) in [6.07, 6.45) is 0. The van der Waals surface area contributed by atoms with Crippen molar-refractivity contribution < 1.29 is 9.53 Å². The molecule has 0 saturated heterocycles. The molecule has 1 heterocycles. The third-order valence-electron chi connectivity index (χ3n) is 2.62. The van der Waals surface area contributed by atoms with Gasteiger partial charge in [0.25, 0.3) is 0 Å². The molecule has 0 N–H and O–H groups in total. The van der Waals surface area contributed by atoms with Gasteiger partial charge >= 0.3 is 5.97 Å². The van der Waals surface area contributed by atoms with E-state index in [2.05, 4.69) is 5.10 Å². The second-order valence-electron chi connectivity index (χ2n) is 4.23. The number of ether oxygens (including phenoxy) is 1. The van der Waals surface area contributed by atoms with Crippen molar-refractivity contribution >= 4 is 5.97 Å². The van der Waals surface area contributed by atoms with Crippen molar-refractivity contribution in [3.8, 4) is 0 Å². The van der Waals surface area contributed by atoms with Gasteiger partial charge in [-0.1, -0.05) is 30.3 Å². The Bertz CT molecular complexity index is 532. The van der Waals surface area contributed by atoms with Crippen molar-refractivity contribution in [1.82, 2.24) is 9.78 Å². The van der Waals surface area contributed by atoms with Crippen LogP contribution in [0.2, 0.25) is 0 Å². The Morgan fingerprint density at radius 1 is 1.28 bits per heavy atom. The van der Waals surface area contributed by atoms with Crippen LogP contribution >= 0.6 is 0 Å². The molecular formula is C14H16N2O2. The normalized spacial score (nSPS) is 10.3. The molecule has 4 heteroatoms. The van der Waals surface area contributed by atoms with Crippen LogP contribution < -0.4 is 0 Å². The Kier molecular flexibility index (Phi) is 3.77. The van der Waals surface area contributed by atoms with E-state index in [4.69, 9.17) is 4.74 Å². The van der Waals surface area contributed by atoms with Crippen LogP contribution in [0.4, 0.5) is 0 Å². The largest absolute Gasteiger partial charge is 0.459 e. The van der Waals surface area contributed by atoms with Gasteiger partial charge in [-0.25, -0.2) is 0 Å². The molecular weight excluding hydrogens is 228 g/mol. The fourth-order valence-electron chi connectivity index (χ4n) is 1.74. The van der Waals surface area contributed by atoms with E-state index in [-0.39, 0.29) is 12.5 Å². The Morgan fingerprint density at radius 2 is 2.00 bits per heavy atom. The summed E-state index contributed by atoms with van der Waals surface area (Å²) in [7, 11) is 0. The SMILES string of the molecule is Cc1cc(C)n(CC(=O)OCc2ccccc2)n1. The van der Waals surface area contributed by atoms with E-state index in [1.807, 2.05) is 50.2 Å². The Balaban J connectivity index is 1.88. The van der Waals surface area contributed by atoms with Gasteiger partial charge in [-0.3, -0.25) is 9.48 Å². The zero-order chi connectivity index (χ0) is 13.0. The molecule has 0 amide bonds. The molecule has 0 radical (unpaired) electrons. The van der Waals surface area contributed by atoms with E-state index in [9.17, 15) is 4.79 Å². The summed E-state index contributed by atoms with van der Waals surface area (Å²) in [6.45, 7) is 4.29. The lowest BCUT2D eigenvalue weighted by molar-refractivity contribution is -0.145. The summed E-state index contributed by atoms with van der Waals surface area (Å²) >= 11 is 0. The van der Waals surface area contributed by atoms with Gasteiger partial charge in [-0.15, -0.1) is 0 Å². The summed E-state index contributed by atoms with van der Waals surface area (Å²) in [5.74, 6) is -0.273. The lowest BCUT2D eigenvalue weighted by Gasteiger charge is -2.06. The van der Waals surface area contributed by atoms with Crippen LogP contribution in [0.1, 0.15) is 17.0 Å². The van der Waals surface area contributed by atoms with E-state index >= 15 is 0 Å². The second kappa shape index (κ2) is 5.49. The fraction of sp³-hybridized carbons (Fsp3) is 0.286. The highest BCUT2D eigenvalue weighted by atomic mass is 16.5. The second-order valence-corrected chi connectivity index (χ2v) is 4.23. The van der Waals surface area contributed by atoms with Crippen LogP contribution in [0.25, 0.3) is 0 Å². The minimum atomic E-state index is -0.273. The maximum atomic E-state index is 11.7. The molecule has 0 atom stereocenters. The van der Waals surface area contributed by atoms with Crippen LogP contribution in [0.15, 0.2) is 36.4 Å². The van der Waals surface area contributed by atoms with Gasteiger partial charge in [0.05, 0.1) is 5.69 Å². The van der Waals surface area contributed by atoms with Crippen molar-refractivity contribution in [2.75, 3.05) is 0 Å². The standard InChI is InChI=1S/C14H16N2O2/c1-11-8-12(2)16(15-11)9-14(17)18-10-13-6-4-3-5-7-13/h3-8H,9-10H2,1-2H3. The molecule has 0 aliphatic heterocycles. The van der Waals surface area contributed by atoms with Gasteiger partial charge in [-0.2, -0.15) is 5.10 Å². The highest BCUT2D eigenvalue weighted by molar-refractivity contribution is 5.69. The van der Waals surface area contributed by atoms with Crippen molar-refractivity contribution in [2.45, 2.75) is 27.0 Å². The number of benzene rings is 1. The van der Waals surface area contributed by atoms with Gasteiger partial charge in [0.2, 0.25) is 0 Å². The minimum absolute atomic E-state index is 0.159. The number of esters is 1. The van der Waals surface area contributed by atoms with E-state index in [1.165, 1.54) is 0 Å². The number of nitrogens with zero attached hydrogens (tertiary/aromatic N) is 2. The number of aromatic nitrogens is 2. The molecule has 18 heavy (non-hydrogen) atoms. The zero-order valence-electron chi connectivity index (χ0n) is 10.6. The number of hydrogen-bond acceptors (Lipinski definition) is 3. The molecule has 2 rings (SSSR count). The lowest BCUT2D eigenvalue weighted by Crippen LogP contribution is -2.15. The third-order valence-corrected chi connectivity index (χ3v) is 2.62. The molecule has 2 aromatic rings. The first-order valence-corrected chi connectivity index (χ1v) is 5.86. The van der Waals surface area contributed by atoms with Crippen molar-refractivity contribution in [1.29, 1.82) is 0 Å². The van der Waals surface area contributed by atoms with E-state index < -0.39 is 0 Å². The quantitative estimate of drug-likeness (QED) is 0.775. The van der Waals surface area contributed by atoms with Crippen LogP contribution in [0.5, 0.6) is 0 Å². The predicted octanol–water partition coefficient (Wildman–Crippen LogP) is 2.24. The first-order chi connectivity index (χ1) is 8.65. The summed E-state index contributed by atoms with van der Waals surface area (Å²) in [4.78, 5) is 11.7. The van der Waals surface area contributed by atoms with Gasteiger partial charge in [0, 0.05) is 5.69 Å². The molecule has 0 unspecified atom stereocenters. The first-order valence-electron chi connectivity index (χ1n) is 5.86. The van der Waals surface area contributed by atoms with Gasteiger partial charge in [0.15, 0.2) is 0 Å². The summed E-state index contributed by atoms with van der Waals surface area (Å²) in [5, 5.41) is 4.22. The monoisotopic (exact) mass is 244 g/mol. The average Bonchev–Trinajstić information content (AvgIpc) is 2.67. The number of carbonyl (C=O) groups excluding carboxylic acids is 1. The topological polar surface area (TPSA) is 44.1 Å². The summed E-state index contributed by atoms with van der Waals surface area (Å²) < 4.78 is 6.85. The van der Waals surface area contributed by atoms with Crippen LogP contribution in [0.3, 0.4) is 0 Å². The molecule has 0 aliphatic carbocycles. The third kappa shape index (κ3) is 3.20. The Hall–Kier alpha value is -2.10. The number of aryl methyl sites for hydroxylation is 2. The van der Waals surface area contributed by atoms with E-state index in [1.54, 1.807) is 4.68 Å². The molecule has 0 fully saturated rings. The number of hydrogen-bond donors (Lipinski definition) is 0. The molecule has 0 aliphatic rings. The average molecular weight is 244 g/mol. The number of rotatable bonds is 4. The molecule has 4 nitrogen and oxygen atoms in total. The maximum Gasteiger partial charge on any atom is 0.328 e. The van der Waals surface area contributed by atoms with Crippen molar-refractivity contribution in [3.05, 3.63) is 53.3 Å². The fourth-order valence-corrected chi connectivity index (χ4v) is 1.74. The lowest BCUT2D eigenvalue weighted by atomic mass is 10.2. The molecule has 1 aromatic heterocycles. The van der Waals surface area contributed by atoms with Crippen molar-refractivity contribution in [2.24, 2.45) is 0 Å². The highest BCUT2D eigenvalue weighted by Crippen LogP contribution is 2.04. The van der Waals surface area contributed by atoms with Crippen molar-refractivity contribution in [3.63, 3.8) is 0 Å². The van der Waals surface area contributed by atoms with E-state index in [0.29, 0.717) is 6.61 Å². The van der Waals surface area contributed by atoms with Gasteiger partial charge in [0.1, 0.15) is 13.2 Å². The smallest absolute Gasteiger partial charge is 0.328 e. The Morgan fingerprint density at radius 3 is 2.61 bits per heavy atom. The summed E-state index contributed by atoms with van der Waals surface area (Å²) in [5.41, 5.74) is 2.85. The zero-order valence-corrected chi connectivity index (χ0v) is 10.6. The summed E-state index contributed by atoms with van der Waals surface area (Å²) in [6, 6.07) is 11.6. The molecule has 94 valence electrons. The van der Waals surface area contributed by atoms with Crippen LogP contribution in [-0.4, -0.2) is 15.7 Å². The van der Waals surface area contributed by atoms with E-state index in [0.717, 1.165) is 17.0 Å². The van der Waals surface area contributed by atoms with Crippen LogP contribution in [0, 0.1) is 13.8 Å². The first kappa shape index (κ1) is 12.4. The predicted molar refractivity (Wildman–Crippen MR) is 67.9 cm³/mol. The molecule has 0 saturated carbocycles. The van der Waals surface area contributed by atoms with Gasteiger partial charge in [-0.05, 0) is 25.5 Å².